The third kappa shape index (κ3) is 3.12. The highest BCUT2D eigenvalue weighted by atomic mass is 15.2. The molecule has 0 aliphatic heterocycles. The molecule has 0 radical (unpaired) electrons. The number of hydrogen-bond donors (Lipinski definition) is 1. The molecule has 1 fully saturated rings. The second-order valence-electron chi connectivity index (χ2n) is 4.83. The topological polar surface area (TPSA) is 41.0 Å². The Hall–Kier alpha value is -1.32. The monoisotopic (exact) mass is 248 g/mol. The Balaban J connectivity index is 2.21. The SMILES string of the molecule is CCCNc1cc(N(CC)C2CC2)nc(CC)n1. The summed E-state index contributed by atoms with van der Waals surface area (Å²) in [5, 5.41) is 3.37. The van der Waals surface area contributed by atoms with E-state index in [-0.39, 0.29) is 0 Å². The van der Waals surface area contributed by atoms with Gasteiger partial charge in [0.25, 0.3) is 0 Å². The summed E-state index contributed by atoms with van der Waals surface area (Å²) < 4.78 is 0. The van der Waals surface area contributed by atoms with E-state index in [1.165, 1.54) is 12.8 Å². The van der Waals surface area contributed by atoms with Gasteiger partial charge in [-0.1, -0.05) is 13.8 Å². The fourth-order valence-electron chi connectivity index (χ4n) is 2.13. The van der Waals surface area contributed by atoms with Gasteiger partial charge in [-0.05, 0) is 26.2 Å². The highest BCUT2D eigenvalue weighted by Crippen LogP contribution is 2.31. The van der Waals surface area contributed by atoms with Crippen molar-refractivity contribution in [3.8, 4) is 0 Å². The molecule has 4 nitrogen and oxygen atoms in total. The van der Waals surface area contributed by atoms with E-state index in [9.17, 15) is 0 Å². The van der Waals surface area contributed by atoms with Crippen molar-refractivity contribution in [1.82, 2.24) is 9.97 Å². The summed E-state index contributed by atoms with van der Waals surface area (Å²) in [4.78, 5) is 11.6. The molecule has 1 aromatic rings. The summed E-state index contributed by atoms with van der Waals surface area (Å²) in [6.45, 7) is 8.47. The van der Waals surface area contributed by atoms with Gasteiger partial charge in [-0.3, -0.25) is 0 Å². The number of anilines is 2. The van der Waals surface area contributed by atoms with Crippen molar-refractivity contribution in [2.75, 3.05) is 23.3 Å². The van der Waals surface area contributed by atoms with Crippen molar-refractivity contribution in [1.29, 1.82) is 0 Å². The Morgan fingerprint density at radius 1 is 1.28 bits per heavy atom. The normalized spacial score (nSPS) is 14.6. The van der Waals surface area contributed by atoms with Crippen LogP contribution in [0.2, 0.25) is 0 Å². The molecule has 0 spiro atoms. The molecule has 0 saturated heterocycles. The number of nitrogens with one attached hydrogen (secondary N) is 1. The minimum absolute atomic E-state index is 0.702. The van der Waals surface area contributed by atoms with Crippen LogP contribution in [0.1, 0.15) is 45.9 Å². The molecule has 1 aliphatic rings. The highest BCUT2D eigenvalue weighted by molar-refractivity contribution is 5.50. The number of rotatable bonds is 7. The van der Waals surface area contributed by atoms with Gasteiger partial charge in [-0.15, -0.1) is 0 Å². The standard InChI is InChI=1S/C14H24N4/c1-4-9-15-13-10-14(17-12(5-2)16-13)18(6-3)11-7-8-11/h10-11H,4-9H2,1-3H3,(H,15,16,17). The lowest BCUT2D eigenvalue weighted by molar-refractivity contribution is 0.791. The molecule has 18 heavy (non-hydrogen) atoms. The molecule has 0 amide bonds. The number of aromatic nitrogens is 2. The lowest BCUT2D eigenvalue weighted by atomic mass is 10.3. The number of aryl methyl sites for hydroxylation is 1. The fourth-order valence-corrected chi connectivity index (χ4v) is 2.13. The van der Waals surface area contributed by atoms with Crippen molar-refractivity contribution in [3.05, 3.63) is 11.9 Å². The van der Waals surface area contributed by atoms with Crippen LogP contribution in [0.5, 0.6) is 0 Å². The van der Waals surface area contributed by atoms with Gasteiger partial charge in [0, 0.05) is 31.6 Å². The van der Waals surface area contributed by atoms with E-state index < -0.39 is 0 Å². The van der Waals surface area contributed by atoms with Crippen LogP contribution in [0, 0.1) is 0 Å². The smallest absolute Gasteiger partial charge is 0.134 e. The minimum atomic E-state index is 0.702. The van der Waals surface area contributed by atoms with Crippen LogP contribution in [0.15, 0.2) is 6.07 Å². The van der Waals surface area contributed by atoms with Crippen molar-refractivity contribution >= 4 is 11.6 Å². The summed E-state index contributed by atoms with van der Waals surface area (Å²) in [5.41, 5.74) is 0. The third-order valence-electron chi connectivity index (χ3n) is 3.25. The van der Waals surface area contributed by atoms with Gasteiger partial charge >= 0.3 is 0 Å². The maximum absolute atomic E-state index is 4.67. The van der Waals surface area contributed by atoms with E-state index >= 15 is 0 Å². The van der Waals surface area contributed by atoms with Crippen LogP contribution in [0.3, 0.4) is 0 Å². The first-order valence-electron chi connectivity index (χ1n) is 7.16. The Bertz CT molecular complexity index is 387. The van der Waals surface area contributed by atoms with Crippen LogP contribution in [0.25, 0.3) is 0 Å². The molecule has 0 bridgehead atoms. The van der Waals surface area contributed by atoms with Crippen molar-refractivity contribution in [2.45, 2.75) is 52.5 Å². The zero-order valence-electron chi connectivity index (χ0n) is 11.7. The Morgan fingerprint density at radius 3 is 2.61 bits per heavy atom. The van der Waals surface area contributed by atoms with E-state index in [0.29, 0.717) is 6.04 Å². The van der Waals surface area contributed by atoms with Gasteiger partial charge < -0.3 is 10.2 Å². The van der Waals surface area contributed by atoms with Gasteiger partial charge in [0.15, 0.2) is 0 Å². The van der Waals surface area contributed by atoms with E-state index in [1.807, 2.05) is 0 Å². The van der Waals surface area contributed by atoms with E-state index in [4.69, 9.17) is 0 Å². The molecule has 100 valence electrons. The molecule has 0 aromatic carbocycles. The van der Waals surface area contributed by atoms with Gasteiger partial charge in [0.2, 0.25) is 0 Å². The van der Waals surface area contributed by atoms with Crippen molar-refractivity contribution < 1.29 is 0 Å². The quantitative estimate of drug-likeness (QED) is 0.805. The van der Waals surface area contributed by atoms with Gasteiger partial charge in [-0.25, -0.2) is 9.97 Å². The molecule has 1 heterocycles. The van der Waals surface area contributed by atoms with Gasteiger partial charge in [-0.2, -0.15) is 0 Å². The molecule has 0 unspecified atom stereocenters. The average Bonchev–Trinajstić information content (AvgIpc) is 3.21. The van der Waals surface area contributed by atoms with E-state index in [1.54, 1.807) is 0 Å². The lowest BCUT2D eigenvalue weighted by Gasteiger charge is -2.22. The molecular weight excluding hydrogens is 224 g/mol. The van der Waals surface area contributed by atoms with E-state index in [2.05, 4.69) is 47.0 Å². The summed E-state index contributed by atoms with van der Waals surface area (Å²) in [5.74, 6) is 2.99. The first-order valence-corrected chi connectivity index (χ1v) is 7.16. The van der Waals surface area contributed by atoms with Gasteiger partial charge in [0.1, 0.15) is 17.5 Å². The first-order chi connectivity index (χ1) is 8.78. The second-order valence-corrected chi connectivity index (χ2v) is 4.83. The van der Waals surface area contributed by atoms with Crippen molar-refractivity contribution in [3.63, 3.8) is 0 Å². The zero-order valence-corrected chi connectivity index (χ0v) is 11.7. The molecule has 1 aromatic heterocycles. The Labute approximate surface area is 110 Å². The summed E-state index contributed by atoms with van der Waals surface area (Å²) >= 11 is 0. The average molecular weight is 248 g/mol. The fraction of sp³-hybridized carbons (Fsp3) is 0.714. The largest absolute Gasteiger partial charge is 0.370 e. The minimum Gasteiger partial charge on any atom is -0.370 e. The van der Waals surface area contributed by atoms with Crippen LogP contribution >= 0.6 is 0 Å². The zero-order chi connectivity index (χ0) is 13.0. The summed E-state index contributed by atoms with van der Waals surface area (Å²) in [6.07, 6.45) is 4.60. The number of nitrogens with zero attached hydrogens (tertiary/aromatic N) is 3. The Morgan fingerprint density at radius 2 is 2.06 bits per heavy atom. The van der Waals surface area contributed by atoms with Crippen LogP contribution < -0.4 is 10.2 Å². The third-order valence-corrected chi connectivity index (χ3v) is 3.25. The lowest BCUT2D eigenvalue weighted by Crippen LogP contribution is -2.26. The molecule has 2 rings (SSSR count). The molecule has 4 heteroatoms. The maximum atomic E-state index is 4.67. The Kier molecular flexibility index (Phi) is 4.39. The molecule has 1 aliphatic carbocycles. The van der Waals surface area contributed by atoms with E-state index in [0.717, 1.165) is 43.4 Å². The van der Waals surface area contributed by atoms with Crippen LogP contribution in [-0.2, 0) is 6.42 Å². The summed E-state index contributed by atoms with van der Waals surface area (Å²) in [6, 6.07) is 2.80. The highest BCUT2D eigenvalue weighted by Gasteiger charge is 2.29. The second kappa shape index (κ2) is 6.03. The molecular formula is C14H24N4. The van der Waals surface area contributed by atoms with Crippen LogP contribution in [0.4, 0.5) is 11.6 Å². The molecule has 1 N–H and O–H groups in total. The summed E-state index contributed by atoms with van der Waals surface area (Å²) in [7, 11) is 0. The maximum Gasteiger partial charge on any atom is 0.134 e. The van der Waals surface area contributed by atoms with Crippen molar-refractivity contribution in [2.24, 2.45) is 0 Å². The number of hydrogen-bond acceptors (Lipinski definition) is 4. The van der Waals surface area contributed by atoms with Crippen LogP contribution in [-0.4, -0.2) is 29.1 Å². The van der Waals surface area contributed by atoms with Gasteiger partial charge in [0.05, 0.1) is 0 Å². The first kappa shape index (κ1) is 13.1. The molecule has 0 atom stereocenters. The predicted octanol–water partition coefficient (Wildman–Crippen LogP) is 2.85. The predicted molar refractivity (Wildman–Crippen MR) is 76.2 cm³/mol. The molecule has 1 saturated carbocycles.